The molecule has 1 rings (SSSR count). The maximum atomic E-state index is 11.1. The van der Waals surface area contributed by atoms with Crippen LogP contribution in [0, 0.1) is 0 Å². The summed E-state index contributed by atoms with van der Waals surface area (Å²) in [6.45, 7) is 9.45. The molecule has 0 atom stereocenters. The van der Waals surface area contributed by atoms with Gasteiger partial charge in [-0.1, -0.05) is 24.3 Å². The molecule has 0 spiro atoms. The summed E-state index contributed by atoms with van der Waals surface area (Å²) in [7, 11) is 0. The van der Waals surface area contributed by atoms with Crippen LogP contribution in [-0.2, 0) is 0 Å². The zero-order valence-corrected chi connectivity index (χ0v) is 11.8. The molecule has 4 N–H and O–H groups in total. The van der Waals surface area contributed by atoms with Crippen molar-refractivity contribution in [2.45, 2.75) is 26.8 Å². The number of hydrogen-bond donors (Lipinski definition) is 3. The van der Waals surface area contributed by atoms with Crippen LogP contribution in [0.4, 0.5) is 15.3 Å². The lowest BCUT2D eigenvalue weighted by Crippen LogP contribution is -2.35. The zero-order valence-electron chi connectivity index (χ0n) is 11.8. The van der Waals surface area contributed by atoms with Gasteiger partial charge in [-0.25, -0.2) is 9.59 Å². The zero-order chi connectivity index (χ0) is 15.9. The van der Waals surface area contributed by atoms with E-state index >= 15 is 0 Å². The number of nitrogens with zero attached hydrogens (tertiary/aromatic N) is 1. The summed E-state index contributed by atoms with van der Waals surface area (Å²) in [5.41, 5.74) is 6.60. The number of carboxylic acid groups (broad SMARTS) is 2. The summed E-state index contributed by atoms with van der Waals surface area (Å²) in [5, 5.41) is 16.3. The van der Waals surface area contributed by atoms with Crippen LogP contribution in [0.25, 0.3) is 5.57 Å². The maximum absolute atomic E-state index is 11.1. The van der Waals surface area contributed by atoms with Gasteiger partial charge in [0.2, 0.25) is 0 Å². The molecule has 20 heavy (non-hydrogen) atoms. The van der Waals surface area contributed by atoms with E-state index in [0.717, 1.165) is 11.1 Å². The SMILES string of the molecule is C=C(C)c1cccc(N(C(=O)O)C(C)C)c1.NC(=O)O. The monoisotopic (exact) mass is 280 g/mol. The smallest absolute Gasteiger partial charge is 0.412 e. The fraction of sp³-hybridized carbons (Fsp3) is 0.286. The number of carbonyl (C=O) groups is 2. The van der Waals surface area contributed by atoms with Gasteiger partial charge in [-0.2, -0.15) is 0 Å². The van der Waals surface area contributed by atoms with Crippen LogP contribution in [-0.4, -0.2) is 28.4 Å². The second-order valence-corrected chi connectivity index (χ2v) is 4.42. The van der Waals surface area contributed by atoms with Gasteiger partial charge in [0.1, 0.15) is 0 Å². The van der Waals surface area contributed by atoms with Crippen molar-refractivity contribution in [1.29, 1.82) is 0 Å². The first-order chi connectivity index (χ1) is 9.16. The van der Waals surface area contributed by atoms with Gasteiger partial charge in [0.15, 0.2) is 0 Å². The van der Waals surface area contributed by atoms with E-state index in [2.05, 4.69) is 12.3 Å². The molecule has 110 valence electrons. The number of nitrogens with two attached hydrogens (primary N) is 1. The number of allylic oxidation sites excluding steroid dienone is 1. The predicted molar refractivity (Wildman–Crippen MR) is 79.0 cm³/mol. The molecule has 0 bridgehead atoms. The van der Waals surface area contributed by atoms with Crippen molar-refractivity contribution in [2.24, 2.45) is 5.73 Å². The number of anilines is 1. The molecule has 2 amide bonds. The summed E-state index contributed by atoms with van der Waals surface area (Å²) in [6.07, 6.45) is -2.27. The third kappa shape index (κ3) is 5.90. The van der Waals surface area contributed by atoms with E-state index < -0.39 is 12.2 Å². The topological polar surface area (TPSA) is 104 Å². The standard InChI is InChI=1S/C13H17NO2.CH3NO2/c1-9(2)11-6-5-7-12(8-11)14(10(3)4)13(15)16;2-1(3)4/h5-8,10H,1H2,2-4H3,(H,15,16);2H2,(H,3,4). The van der Waals surface area contributed by atoms with Crippen LogP contribution in [0.15, 0.2) is 30.8 Å². The molecule has 0 aliphatic rings. The minimum absolute atomic E-state index is 0.0853. The van der Waals surface area contributed by atoms with E-state index in [1.807, 2.05) is 39.0 Å². The van der Waals surface area contributed by atoms with Crippen molar-refractivity contribution in [3.05, 3.63) is 36.4 Å². The van der Waals surface area contributed by atoms with Crippen LogP contribution < -0.4 is 10.6 Å². The summed E-state index contributed by atoms with van der Waals surface area (Å²) in [6, 6.07) is 7.32. The van der Waals surface area contributed by atoms with Gasteiger partial charge in [-0.3, -0.25) is 4.90 Å². The van der Waals surface area contributed by atoms with Gasteiger partial charge in [-0.15, -0.1) is 0 Å². The Kier molecular flexibility index (Phi) is 6.85. The molecule has 1 aromatic carbocycles. The quantitative estimate of drug-likeness (QED) is 0.790. The van der Waals surface area contributed by atoms with E-state index in [1.165, 1.54) is 4.90 Å². The molecule has 0 unspecified atom stereocenters. The molecule has 6 heteroatoms. The van der Waals surface area contributed by atoms with Gasteiger partial charge >= 0.3 is 12.2 Å². The second kappa shape index (κ2) is 7.83. The Morgan fingerprint density at radius 2 is 1.80 bits per heavy atom. The molecule has 0 aliphatic carbocycles. The van der Waals surface area contributed by atoms with Crippen LogP contribution in [0.3, 0.4) is 0 Å². The Labute approximate surface area is 118 Å². The van der Waals surface area contributed by atoms with Crippen LogP contribution in [0.2, 0.25) is 0 Å². The van der Waals surface area contributed by atoms with E-state index in [9.17, 15) is 4.79 Å². The highest BCUT2D eigenvalue weighted by molar-refractivity contribution is 5.87. The number of hydrogen-bond acceptors (Lipinski definition) is 2. The molecule has 0 radical (unpaired) electrons. The third-order valence-electron chi connectivity index (χ3n) is 2.34. The highest BCUT2D eigenvalue weighted by Crippen LogP contribution is 2.22. The highest BCUT2D eigenvalue weighted by Gasteiger charge is 2.17. The highest BCUT2D eigenvalue weighted by atomic mass is 16.4. The first-order valence-corrected chi connectivity index (χ1v) is 5.93. The molecular formula is C14H20N2O4. The van der Waals surface area contributed by atoms with Gasteiger partial charge < -0.3 is 15.9 Å². The molecule has 0 heterocycles. The summed E-state index contributed by atoms with van der Waals surface area (Å²) in [5.74, 6) is 0. The van der Waals surface area contributed by atoms with Crippen LogP contribution in [0.5, 0.6) is 0 Å². The van der Waals surface area contributed by atoms with Crippen molar-refractivity contribution in [1.82, 2.24) is 0 Å². The minimum Gasteiger partial charge on any atom is -0.465 e. The fourth-order valence-electron chi connectivity index (χ4n) is 1.55. The number of rotatable bonds is 3. The van der Waals surface area contributed by atoms with Gasteiger partial charge in [0.25, 0.3) is 0 Å². The van der Waals surface area contributed by atoms with Gasteiger partial charge in [0.05, 0.1) is 0 Å². The molecule has 0 aromatic heterocycles. The molecule has 1 aromatic rings. The van der Waals surface area contributed by atoms with Crippen molar-refractivity contribution in [2.75, 3.05) is 4.90 Å². The minimum atomic E-state index is -1.33. The van der Waals surface area contributed by atoms with Crippen LogP contribution in [0.1, 0.15) is 26.3 Å². The molecule has 6 nitrogen and oxygen atoms in total. The lowest BCUT2D eigenvalue weighted by molar-refractivity contribution is 0.199. The first-order valence-electron chi connectivity index (χ1n) is 5.93. The maximum Gasteiger partial charge on any atom is 0.412 e. The Hall–Kier alpha value is -2.50. The Morgan fingerprint density at radius 1 is 1.30 bits per heavy atom. The Balaban J connectivity index is 0.000000796. The summed E-state index contributed by atoms with van der Waals surface area (Å²) in [4.78, 5) is 21.2. The average Bonchev–Trinajstić information content (AvgIpc) is 2.27. The summed E-state index contributed by atoms with van der Waals surface area (Å²) < 4.78 is 0. The molecular weight excluding hydrogens is 260 g/mol. The van der Waals surface area contributed by atoms with Crippen LogP contribution >= 0.6 is 0 Å². The van der Waals surface area contributed by atoms with E-state index in [0.29, 0.717) is 5.69 Å². The lowest BCUT2D eigenvalue weighted by atomic mass is 10.1. The number of benzene rings is 1. The second-order valence-electron chi connectivity index (χ2n) is 4.42. The normalized spacial score (nSPS) is 9.40. The first kappa shape index (κ1) is 17.5. The van der Waals surface area contributed by atoms with E-state index in [-0.39, 0.29) is 6.04 Å². The molecule has 0 saturated heterocycles. The van der Waals surface area contributed by atoms with Crippen molar-refractivity contribution in [3.63, 3.8) is 0 Å². The average molecular weight is 280 g/mol. The lowest BCUT2D eigenvalue weighted by Gasteiger charge is -2.23. The van der Waals surface area contributed by atoms with Crippen molar-refractivity contribution in [3.8, 4) is 0 Å². The third-order valence-corrected chi connectivity index (χ3v) is 2.34. The number of amides is 2. The van der Waals surface area contributed by atoms with E-state index in [4.69, 9.17) is 15.0 Å². The Bertz CT molecular complexity index is 494. The fourth-order valence-corrected chi connectivity index (χ4v) is 1.55. The van der Waals surface area contributed by atoms with Crippen molar-refractivity contribution >= 4 is 23.4 Å². The van der Waals surface area contributed by atoms with Crippen molar-refractivity contribution < 1.29 is 19.8 Å². The predicted octanol–water partition coefficient (Wildman–Crippen LogP) is 3.24. The molecule has 0 aliphatic heterocycles. The Morgan fingerprint density at radius 3 is 2.15 bits per heavy atom. The molecule has 0 fully saturated rings. The largest absolute Gasteiger partial charge is 0.465 e. The number of primary amides is 1. The van der Waals surface area contributed by atoms with Gasteiger partial charge in [0, 0.05) is 11.7 Å². The molecule has 0 saturated carbocycles. The van der Waals surface area contributed by atoms with Gasteiger partial charge in [-0.05, 0) is 38.5 Å². The van der Waals surface area contributed by atoms with E-state index in [1.54, 1.807) is 6.07 Å². The summed E-state index contributed by atoms with van der Waals surface area (Å²) >= 11 is 0.